The number of anilines is 1. The van der Waals surface area contributed by atoms with Gasteiger partial charge in [-0.1, -0.05) is 0 Å². The number of ether oxygens (including phenoxy) is 2. The van der Waals surface area contributed by atoms with E-state index in [1.807, 2.05) is 0 Å². The Morgan fingerprint density at radius 2 is 1.63 bits per heavy atom. The first kappa shape index (κ1) is 28.3. The van der Waals surface area contributed by atoms with Crippen LogP contribution in [0.3, 0.4) is 0 Å². The zero-order chi connectivity index (χ0) is 29.3. The van der Waals surface area contributed by atoms with E-state index < -0.39 is 17.0 Å². The van der Waals surface area contributed by atoms with Gasteiger partial charge in [-0.05, 0) is 85.5 Å². The predicted octanol–water partition coefficient (Wildman–Crippen LogP) is 5.47. The normalized spacial score (nSPS) is 15.5. The molecule has 41 heavy (non-hydrogen) atoms. The van der Waals surface area contributed by atoms with E-state index in [-0.39, 0.29) is 30.4 Å². The molecule has 2 aliphatic rings. The fraction of sp³-hybridized carbons (Fsp3) is 0.344. The molecule has 3 aromatic carbocycles. The zero-order valence-corrected chi connectivity index (χ0v) is 23.3. The second kappa shape index (κ2) is 11.3. The first-order chi connectivity index (χ1) is 19.6. The van der Waals surface area contributed by atoms with E-state index in [0.717, 1.165) is 5.56 Å². The maximum absolute atomic E-state index is 14.4. The van der Waals surface area contributed by atoms with Crippen molar-refractivity contribution >= 4 is 23.3 Å². The molecule has 7 nitrogen and oxygen atoms in total. The maximum atomic E-state index is 14.4. The van der Waals surface area contributed by atoms with Gasteiger partial charge in [-0.15, -0.1) is 0 Å². The van der Waals surface area contributed by atoms with Gasteiger partial charge in [0.05, 0.1) is 19.8 Å². The molecule has 0 unspecified atom stereocenters. The van der Waals surface area contributed by atoms with Crippen LogP contribution in [0, 0.1) is 18.6 Å². The van der Waals surface area contributed by atoms with E-state index in [9.17, 15) is 23.2 Å². The Hall–Kier alpha value is -4.27. The topological polar surface area (TPSA) is 76.2 Å². The lowest BCUT2D eigenvalue weighted by molar-refractivity contribution is -0.118. The van der Waals surface area contributed by atoms with E-state index in [4.69, 9.17) is 9.47 Å². The van der Waals surface area contributed by atoms with Crippen molar-refractivity contribution in [3.8, 4) is 11.5 Å². The van der Waals surface area contributed by atoms with Crippen LogP contribution < -0.4 is 14.4 Å². The highest BCUT2D eigenvalue weighted by molar-refractivity contribution is 6.03. The number of fused-ring (bicyclic) bond motifs is 2. The van der Waals surface area contributed by atoms with Crippen LogP contribution in [0.2, 0.25) is 0 Å². The number of aryl methyl sites for hydroxylation is 1. The number of methoxy groups -OCH3 is 2. The van der Waals surface area contributed by atoms with Gasteiger partial charge in [0.25, 0.3) is 5.91 Å². The fourth-order valence-electron chi connectivity index (χ4n) is 5.99. The van der Waals surface area contributed by atoms with E-state index in [2.05, 4.69) is 0 Å². The average molecular weight is 563 g/mol. The van der Waals surface area contributed by atoms with Crippen molar-refractivity contribution in [2.24, 2.45) is 0 Å². The number of likely N-dealkylation sites (tertiary alicyclic amines) is 1. The number of ketones is 1. The largest absolute Gasteiger partial charge is 0.497 e. The van der Waals surface area contributed by atoms with Gasteiger partial charge in [-0.2, -0.15) is 0 Å². The molecule has 3 aromatic rings. The van der Waals surface area contributed by atoms with E-state index in [1.165, 1.54) is 38.5 Å². The van der Waals surface area contributed by atoms with Crippen LogP contribution in [0.15, 0.2) is 54.6 Å². The summed E-state index contributed by atoms with van der Waals surface area (Å²) in [6, 6.07) is 13.6. The number of rotatable bonds is 7. The van der Waals surface area contributed by atoms with Gasteiger partial charge < -0.3 is 19.3 Å². The number of nitrogens with zero attached hydrogens (tertiary/aromatic N) is 2. The van der Waals surface area contributed by atoms with Crippen LogP contribution in [-0.4, -0.2) is 56.4 Å². The highest BCUT2D eigenvalue weighted by atomic mass is 19.1. The second-order valence-corrected chi connectivity index (χ2v) is 10.7. The molecule has 5 rings (SSSR count). The number of carbonyl (C=O) groups excluding carboxylic acids is 3. The molecule has 1 fully saturated rings. The van der Waals surface area contributed by atoms with Crippen LogP contribution in [-0.2, 0) is 10.2 Å². The van der Waals surface area contributed by atoms with Gasteiger partial charge in [0.2, 0.25) is 5.91 Å². The molecule has 0 bridgehead atoms. The van der Waals surface area contributed by atoms with Crippen LogP contribution in [0.5, 0.6) is 11.5 Å². The van der Waals surface area contributed by atoms with Crippen LogP contribution in [0.1, 0.15) is 57.5 Å². The van der Waals surface area contributed by atoms with E-state index >= 15 is 0 Å². The standard InChI is InChI=1S/C32H32F2N2O5/c1-20-14-21(16-23(34)15-20)31(39)35-12-10-32(11-13-35)19-36(27-6-4-22(33)17-26(27)32)30(38)9-7-28(37)25-18-24(40-2)5-8-29(25)41-3/h4-6,8,14-18H,7,9-13,19H2,1-3H3. The molecule has 1 saturated heterocycles. The summed E-state index contributed by atoms with van der Waals surface area (Å²) in [6.45, 7) is 2.85. The molecule has 2 aliphatic heterocycles. The van der Waals surface area contributed by atoms with Crippen molar-refractivity contribution in [1.82, 2.24) is 4.90 Å². The lowest BCUT2D eigenvalue weighted by Gasteiger charge is -2.40. The molecule has 0 radical (unpaired) electrons. The summed E-state index contributed by atoms with van der Waals surface area (Å²) >= 11 is 0. The molecule has 0 aromatic heterocycles. The summed E-state index contributed by atoms with van der Waals surface area (Å²) in [5.41, 5.74) is 2.14. The molecule has 1 spiro atoms. The number of Topliss-reactive ketones (excluding diaryl/α,β-unsaturated/α-hetero) is 1. The Morgan fingerprint density at radius 3 is 2.32 bits per heavy atom. The van der Waals surface area contributed by atoms with Crippen molar-refractivity contribution in [3.63, 3.8) is 0 Å². The number of carbonyl (C=O) groups is 3. The highest BCUT2D eigenvalue weighted by Gasteiger charge is 2.47. The summed E-state index contributed by atoms with van der Waals surface area (Å²) in [4.78, 5) is 43.0. The van der Waals surface area contributed by atoms with Gasteiger partial charge in [0.1, 0.15) is 23.1 Å². The SMILES string of the molecule is COc1ccc(OC)c(C(=O)CCC(=O)N2CC3(CCN(C(=O)c4cc(C)cc(F)c4)CC3)c3cc(F)ccc32)c1. The van der Waals surface area contributed by atoms with Crippen molar-refractivity contribution in [1.29, 1.82) is 0 Å². The Morgan fingerprint density at radius 1 is 0.878 bits per heavy atom. The Balaban J connectivity index is 1.31. The third kappa shape index (κ3) is 5.53. The molecular formula is C32H32F2N2O5. The smallest absolute Gasteiger partial charge is 0.253 e. The summed E-state index contributed by atoms with van der Waals surface area (Å²) < 4.78 is 38.9. The minimum Gasteiger partial charge on any atom is -0.497 e. The number of piperidine rings is 1. The Kier molecular flexibility index (Phi) is 7.80. The van der Waals surface area contributed by atoms with Crippen molar-refractivity contribution < 1.29 is 32.6 Å². The second-order valence-electron chi connectivity index (χ2n) is 10.7. The fourth-order valence-corrected chi connectivity index (χ4v) is 5.99. The molecular weight excluding hydrogens is 530 g/mol. The predicted molar refractivity (Wildman–Crippen MR) is 150 cm³/mol. The molecule has 2 heterocycles. The summed E-state index contributed by atoms with van der Waals surface area (Å²) in [7, 11) is 2.98. The summed E-state index contributed by atoms with van der Waals surface area (Å²) in [6.07, 6.45) is 0.980. The van der Waals surface area contributed by atoms with Crippen molar-refractivity contribution in [3.05, 3.63) is 88.5 Å². The third-order valence-corrected chi connectivity index (χ3v) is 8.15. The minimum atomic E-state index is -0.526. The number of benzene rings is 3. The van der Waals surface area contributed by atoms with Crippen LogP contribution >= 0.6 is 0 Å². The zero-order valence-electron chi connectivity index (χ0n) is 23.3. The monoisotopic (exact) mass is 562 g/mol. The third-order valence-electron chi connectivity index (χ3n) is 8.15. The number of hydrogen-bond acceptors (Lipinski definition) is 5. The minimum absolute atomic E-state index is 0.0300. The number of amides is 2. The molecule has 9 heteroatoms. The molecule has 0 N–H and O–H groups in total. The van der Waals surface area contributed by atoms with Gasteiger partial charge in [-0.25, -0.2) is 8.78 Å². The summed E-state index contributed by atoms with van der Waals surface area (Å²) in [5, 5.41) is 0. The van der Waals surface area contributed by atoms with Crippen molar-refractivity contribution in [2.45, 2.75) is 38.0 Å². The first-order valence-electron chi connectivity index (χ1n) is 13.6. The van der Waals surface area contributed by atoms with E-state index in [0.29, 0.717) is 66.4 Å². The van der Waals surface area contributed by atoms with Gasteiger partial charge >= 0.3 is 0 Å². The molecule has 0 aliphatic carbocycles. The quantitative estimate of drug-likeness (QED) is 0.357. The van der Waals surface area contributed by atoms with Crippen LogP contribution in [0.25, 0.3) is 0 Å². The van der Waals surface area contributed by atoms with Crippen LogP contribution in [0.4, 0.5) is 14.5 Å². The van der Waals surface area contributed by atoms with Crippen molar-refractivity contribution in [2.75, 3.05) is 38.8 Å². The Bertz CT molecular complexity index is 1490. The molecule has 2 amide bonds. The van der Waals surface area contributed by atoms with Gasteiger partial charge in [0, 0.05) is 49.1 Å². The Labute approximate surface area is 237 Å². The molecule has 0 saturated carbocycles. The highest BCUT2D eigenvalue weighted by Crippen LogP contribution is 2.47. The lowest BCUT2D eigenvalue weighted by atomic mass is 9.74. The number of halogens is 2. The first-order valence-corrected chi connectivity index (χ1v) is 13.6. The average Bonchev–Trinajstić information content (AvgIpc) is 3.27. The number of hydrogen-bond donors (Lipinski definition) is 0. The molecule has 0 atom stereocenters. The van der Waals surface area contributed by atoms with E-state index in [1.54, 1.807) is 47.1 Å². The lowest BCUT2D eigenvalue weighted by Crippen LogP contribution is -2.48. The maximum Gasteiger partial charge on any atom is 0.253 e. The van der Waals surface area contributed by atoms with Gasteiger partial charge in [0.15, 0.2) is 5.78 Å². The van der Waals surface area contributed by atoms with Gasteiger partial charge in [-0.3, -0.25) is 14.4 Å². The molecule has 214 valence electrons. The summed E-state index contributed by atoms with van der Waals surface area (Å²) in [5.74, 6) is -0.681.